The molecule has 1 saturated heterocycles. The zero-order chi connectivity index (χ0) is 21.6. The molecule has 162 valence electrons. The summed E-state index contributed by atoms with van der Waals surface area (Å²) in [6.07, 6.45) is 0. The molecule has 1 heterocycles. The van der Waals surface area contributed by atoms with Crippen LogP contribution in [-0.2, 0) is 14.8 Å². The number of carbonyl (C=O) groups is 1. The van der Waals surface area contributed by atoms with Gasteiger partial charge >= 0.3 is 0 Å². The topological polar surface area (TPSA) is 97.0 Å². The number of nitrogens with zero attached hydrogens (tertiary/aromatic N) is 1. The Morgan fingerprint density at radius 1 is 1.20 bits per heavy atom. The van der Waals surface area contributed by atoms with E-state index >= 15 is 0 Å². The molecule has 1 aliphatic heterocycles. The molecule has 0 spiro atoms. The van der Waals surface area contributed by atoms with Crippen molar-refractivity contribution in [2.45, 2.75) is 4.90 Å². The quantitative estimate of drug-likeness (QED) is 0.636. The van der Waals surface area contributed by atoms with E-state index in [1.807, 2.05) is 0 Å². The number of rotatable bonds is 8. The molecule has 0 aliphatic carbocycles. The van der Waals surface area contributed by atoms with Crippen molar-refractivity contribution in [2.75, 3.05) is 51.2 Å². The number of amides is 1. The molecule has 2 aromatic carbocycles. The van der Waals surface area contributed by atoms with Gasteiger partial charge in [0.2, 0.25) is 0 Å². The molecule has 1 aliphatic rings. The maximum Gasteiger partial charge on any atom is 0.262 e. The normalized spacial score (nSPS) is 14.9. The number of hydrogen-bond donors (Lipinski definition) is 2. The van der Waals surface area contributed by atoms with Crippen LogP contribution in [0, 0.1) is 0 Å². The third-order valence-electron chi connectivity index (χ3n) is 4.63. The van der Waals surface area contributed by atoms with Crippen LogP contribution in [0.5, 0.6) is 5.75 Å². The van der Waals surface area contributed by atoms with E-state index in [9.17, 15) is 13.2 Å². The highest BCUT2D eigenvalue weighted by Gasteiger charge is 2.19. The Kier molecular flexibility index (Phi) is 7.54. The van der Waals surface area contributed by atoms with E-state index in [-0.39, 0.29) is 22.1 Å². The average molecular weight is 454 g/mol. The van der Waals surface area contributed by atoms with Crippen LogP contribution in [0.25, 0.3) is 0 Å². The molecule has 0 unspecified atom stereocenters. The van der Waals surface area contributed by atoms with Crippen molar-refractivity contribution < 1.29 is 22.7 Å². The van der Waals surface area contributed by atoms with Crippen molar-refractivity contribution in [2.24, 2.45) is 0 Å². The van der Waals surface area contributed by atoms with E-state index in [4.69, 9.17) is 21.1 Å². The third kappa shape index (κ3) is 5.85. The summed E-state index contributed by atoms with van der Waals surface area (Å²) in [6.45, 7) is 4.23. The summed E-state index contributed by atoms with van der Waals surface area (Å²) < 4.78 is 38.6. The van der Waals surface area contributed by atoms with Gasteiger partial charge < -0.3 is 14.8 Å². The number of hydrogen-bond acceptors (Lipinski definition) is 6. The number of methoxy groups -OCH3 is 1. The van der Waals surface area contributed by atoms with E-state index in [0.717, 1.165) is 13.1 Å². The van der Waals surface area contributed by atoms with Crippen LogP contribution < -0.4 is 14.8 Å². The Bertz CT molecular complexity index is 994. The minimum Gasteiger partial charge on any atom is -0.495 e. The Balaban J connectivity index is 1.67. The molecule has 0 atom stereocenters. The Labute approximate surface area is 181 Å². The Morgan fingerprint density at radius 2 is 1.97 bits per heavy atom. The molecule has 0 aromatic heterocycles. The van der Waals surface area contributed by atoms with Gasteiger partial charge in [-0.25, -0.2) is 8.42 Å². The highest BCUT2D eigenvalue weighted by atomic mass is 35.5. The van der Waals surface area contributed by atoms with Crippen molar-refractivity contribution in [1.29, 1.82) is 0 Å². The standard InChI is InChI=1S/C20H24ClN3O5S/c1-28-19-6-5-16(21)14-18(19)23-30(26,27)17-4-2-3-15(13-17)20(25)22-7-8-24-9-11-29-12-10-24/h2-6,13-14,23H,7-12H2,1H3,(H,22,25). The molecular formula is C20H24ClN3O5S. The molecule has 2 N–H and O–H groups in total. The second kappa shape index (κ2) is 10.1. The van der Waals surface area contributed by atoms with Crippen LogP contribution in [0.3, 0.4) is 0 Å². The fraction of sp³-hybridized carbons (Fsp3) is 0.350. The van der Waals surface area contributed by atoms with Gasteiger partial charge in [0.1, 0.15) is 5.75 Å². The van der Waals surface area contributed by atoms with Crippen LogP contribution in [0.1, 0.15) is 10.4 Å². The van der Waals surface area contributed by atoms with Crippen LogP contribution in [-0.4, -0.2) is 65.7 Å². The average Bonchev–Trinajstić information content (AvgIpc) is 2.74. The minimum absolute atomic E-state index is 0.0367. The molecule has 0 radical (unpaired) electrons. The SMILES string of the molecule is COc1ccc(Cl)cc1NS(=O)(=O)c1cccc(C(=O)NCCN2CCOCC2)c1. The lowest BCUT2D eigenvalue weighted by molar-refractivity contribution is 0.0383. The number of benzene rings is 2. The lowest BCUT2D eigenvalue weighted by Crippen LogP contribution is -2.41. The van der Waals surface area contributed by atoms with E-state index in [1.54, 1.807) is 18.2 Å². The minimum atomic E-state index is -3.95. The summed E-state index contributed by atoms with van der Waals surface area (Å²) in [5.41, 5.74) is 0.475. The van der Waals surface area contributed by atoms with Gasteiger partial charge in [-0.05, 0) is 36.4 Å². The van der Waals surface area contributed by atoms with E-state index in [1.165, 1.54) is 31.4 Å². The van der Waals surface area contributed by atoms with Gasteiger partial charge in [-0.15, -0.1) is 0 Å². The first-order valence-electron chi connectivity index (χ1n) is 9.44. The van der Waals surface area contributed by atoms with Gasteiger partial charge in [0.05, 0.1) is 30.9 Å². The number of carbonyl (C=O) groups excluding carboxylic acids is 1. The number of halogens is 1. The van der Waals surface area contributed by atoms with Crippen molar-refractivity contribution in [1.82, 2.24) is 10.2 Å². The maximum absolute atomic E-state index is 12.8. The van der Waals surface area contributed by atoms with Crippen LogP contribution >= 0.6 is 11.6 Å². The summed E-state index contributed by atoms with van der Waals surface area (Å²) in [6, 6.07) is 10.5. The monoisotopic (exact) mass is 453 g/mol. The first-order chi connectivity index (χ1) is 14.4. The van der Waals surface area contributed by atoms with Crippen molar-refractivity contribution in [3.8, 4) is 5.75 Å². The van der Waals surface area contributed by atoms with Gasteiger partial charge in [0.25, 0.3) is 15.9 Å². The highest BCUT2D eigenvalue weighted by molar-refractivity contribution is 7.92. The zero-order valence-corrected chi connectivity index (χ0v) is 18.1. The third-order valence-corrected chi connectivity index (χ3v) is 6.23. The summed E-state index contributed by atoms with van der Waals surface area (Å²) in [7, 11) is -2.51. The van der Waals surface area contributed by atoms with Gasteiger partial charge in [-0.2, -0.15) is 0 Å². The Hall–Kier alpha value is -2.33. The van der Waals surface area contributed by atoms with Crippen LogP contribution in [0.2, 0.25) is 5.02 Å². The maximum atomic E-state index is 12.8. The number of anilines is 1. The van der Waals surface area contributed by atoms with E-state index in [2.05, 4.69) is 14.9 Å². The van der Waals surface area contributed by atoms with Crippen molar-refractivity contribution in [3.05, 3.63) is 53.1 Å². The molecule has 10 heteroatoms. The van der Waals surface area contributed by atoms with Gasteiger partial charge in [-0.1, -0.05) is 17.7 Å². The van der Waals surface area contributed by atoms with E-state index in [0.29, 0.717) is 37.1 Å². The summed E-state index contributed by atoms with van der Waals surface area (Å²) in [4.78, 5) is 14.6. The molecule has 8 nitrogen and oxygen atoms in total. The largest absolute Gasteiger partial charge is 0.495 e. The highest BCUT2D eigenvalue weighted by Crippen LogP contribution is 2.29. The smallest absolute Gasteiger partial charge is 0.262 e. The predicted octanol–water partition coefficient (Wildman–Crippen LogP) is 2.21. The summed E-state index contributed by atoms with van der Waals surface area (Å²) in [5, 5.41) is 3.19. The van der Waals surface area contributed by atoms with Crippen LogP contribution in [0.4, 0.5) is 5.69 Å². The molecule has 0 saturated carbocycles. The first kappa shape index (κ1) is 22.4. The molecule has 1 amide bonds. The number of sulfonamides is 1. The van der Waals surface area contributed by atoms with E-state index < -0.39 is 10.0 Å². The van der Waals surface area contributed by atoms with Crippen molar-refractivity contribution in [3.63, 3.8) is 0 Å². The first-order valence-corrected chi connectivity index (χ1v) is 11.3. The number of morpholine rings is 1. The lowest BCUT2D eigenvalue weighted by Gasteiger charge is -2.26. The fourth-order valence-corrected chi connectivity index (χ4v) is 4.30. The second-order valence-electron chi connectivity index (χ2n) is 6.69. The van der Waals surface area contributed by atoms with Gasteiger partial charge in [-0.3, -0.25) is 14.4 Å². The molecule has 2 aromatic rings. The molecule has 1 fully saturated rings. The van der Waals surface area contributed by atoms with Crippen LogP contribution in [0.15, 0.2) is 47.4 Å². The Morgan fingerprint density at radius 3 is 2.70 bits per heavy atom. The van der Waals surface area contributed by atoms with Gasteiger partial charge in [0, 0.05) is 36.8 Å². The second-order valence-corrected chi connectivity index (χ2v) is 8.81. The molecule has 30 heavy (non-hydrogen) atoms. The van der Waals surface area contributed by atoms with Crippen molar-refractivity contribution >= 4 is 33.2 Å². The zero-order valence-electron chi connectivity index (χ0n) is 16.6. The molecule has 3 rings (SSSR count). The van der Waals surface area contributed by atoms with Gasteiger partial charge in [0.15, 0.2) is 0 Å². The molecule has 0 bridgehead atoms. The summed E-state index contributed by atoms with van der Waals surface area (Å²) in [5.74, 6) is 0.000584. The predicted molar refractivity (Wildman–Crippen MR) is 115 cm³/mol. The fourth-order valence-electron chi connectivity index (χ4n) is 3.02. The molecular weight excluding hydrogens is 430 g/mol. The summed E-state index contributed by atoms with van der Waals surface area (Å²) >= 11 is 5.97. The number of ether oxygens (including phenoxy) is 2. The lowest BCUT2D eigenvalue weighted by atomic mass is 10.2. The number of nitrogens with one attached hydrogen (secondary N) is 2.